The van der Waals surface area contributed by atoms with Crippen molar-refractivity contribution in [1.29, 1.82) is 0 Å². The smallest absolute Gasteiger partial charge is 0.0735 e. The molecule has 1 spiro atoms. The van der Waals surface area contributed by atoms with Crippen molar-refractivity contribution >= 4 is 81.9 Å². The molecule has 3 heteroatoms. The Hall–Kier alpha value is -6.13. The van der Waals surface area contributed by atoms with E-state index in [9.17, 15) is 0 Å². The third-order valence-corrected chi connectivity index (χ3v) is 14.0. The van der Waals surface area contributed by atoms with Gasteiger partial charge in [0.1, 0.15) is 0 Å². The normalized spacial score (nSPS) is 15.4. The summed E-state index contributed by atoms with van der Waals surface area (Å²) in [6.07, 6.45) is 0. The Morgan fingerprint density at radius 3 is 1.98 bits per heavy atom. The monoisotopic (exact) mass is 721 g/mol. The van der Waals surface area contributed by atoms with Crippen LogP contribution in [0.3, 0.4) is 0 Å². The van der Waals surface area contributed by atoms with E-state index < -0.39 is 5.41 Å². The average Bonchev–Trinajstić information content (AvgIpc) is 3.61. The zero-order valence-corrected chi connectivity index (χ0v) is 30.8. The third-order valence-electron chi connectivity index (χ3n) is 11.7. The van der Waals surface area contributed by atoms with Crippen LogP contribution in [0, 0.1) is 0 Å². The van der Waals surface area contributed by atoms with Gasteiger partial charge in [-0.1, -0.05) is 157 Å². The first-order valence-electron chi connectivity index (χ1n) is 18.5. The van der Waals surface area contributed by atoms with E-state index in [-0.39, 0.29) is 0 Å². The molecule has 1 aromatic heterocycles. The van der Waals surface area contributed by atoms with Gasteiger partial charge in [-0.3, -0.25) is 0 Å². The summed E-state index contributed by atoms with van der Waals surface area (Å²) in [4.78, 5) is 5.02. The standard InChI is InChI=1S/C51H31NS2/c1-2-15-34(16-3-1)52(35-25-28-39-41-27-24-32-12-4-5-17-37(32)50(41)54-47(39)30-35)36-26-29-44-48(31-36)53-46-23-9-8-21-43(46)51(44)42-20-7-6-18-38(42)40-19-10-13-33-14-11-22-45(51)49(33)40/h1-31H. The summed E-state index contributed by atoms with van der Waals surface area (Å²) >= 11 is 3.80. The maximum atomic E-state index is 2.44. The molecule has 1 nitrogen and oxygen atoms in total. The van der Waals surface area contributed by atoms with Crippen molar-refractivity contribution in [3.8, 4) is 11.1 Å². The van der Waals surface area contributed by atoms with Crippen LogP contribution in [-0.2, 0) is 5.41 Å². The van der Waals surface area contributed by atoms with E-state index in [0.29, 0.717) is 0 Å². The molecule has 9 aromatic carbocycles. The molecule has 10 aromatic rings. The Balaban J connectivity index is 1.10. The third kappa shape index (κ3) is 4.11. The van der Waals surface area contributed by atoms with Crippen molar-refractivity contribution in [2.75, 3.05) is 4.90 Å². The van der Waals surface area contributed by atoms with Crippen LogP contribution >= 0.6 is 23.1 Å². The summed E-state index contributed by atoms with van der Waals surface area (Å²) in [6.45, 7) is 0. The van der Waals surface area contributed by atoms with Crippen LogP contribution in [0.25, 0.3) is 52.8 Å². The maximum Gasteiger partial charge on any atom is 0.0735 e. The topological polar surface area (TPSA) is 3.24 Å². The summed E-state index contributed by atoms with van der Waals surface area (Å²) in [5.41, 5.74) is 11.0. The Morgan fingerprint density at radius 2 is 1.06 bits per heavy atom. The van der Waals surface area contributed by atoms with Crippen LogP contribution in [0.2, 0.25) is 0 Å². The Bertz CT molecular complexity index is 3150. The molecule has 12 rings (SSSR count). The summed E-state index contributed by atoms with van der Waals surface area (Å²) in [6, 6.07) is 70.2. The van der Waals surface area contributed by atoms with E-state index >= 15 is 0 Å². The highest BCUT2D eigenvalue weighted by Crippen LogP contribution is 2.61. The van der Waals surface area contributed by atoms with Crippen molar-refractivity contribution in [2.24, 2.45) is 0 Å². The molecule has 54 heavy (non-hydrogen) atoms. The number of rotatable bonds is 3. The van der Waals surface area contributed by atoms with Gasteiger partial charge in [0, 0.05) is 47.0 Å². The Labute approximate surface area is 321 Å². The number of hydrogen-bond donors (Lipinski definition) is 0. The molecule has 0 saturated carbocycles. The van der Waals surface area contributed by atoms with Gasteiger partial charge in [0.2, 0.25) is 0 Å². The lowest BCUT2D eigenvalue weighted by atomic mass is 9.59. The zero-order chi connectivity index (χ0) is 35.4. The Kier molecular flexibility index (Phi) is 6.42. The van der Waals surface area contributed by atoms with Crippen molar-refractivity contribution in [3.05, 3.63) is 210 Å². The quantitative estimate of drug-likeness (QED) is 0.179. The first-order valence-corrected chi connectivity index (χ1v) is 20.1. The molecule has 0 N–H and O–H groups in total. The average molecular weight is 722 g/mol. The van der Waals surface area contributed by atoms with Crippen molar-refractivity contribution in [1.82, 2.24) is 0 Å². The number of para-hydroxylation sites is 1. The highest BCUT2D eigenvalue weighted by Gasteiger charge is 2.48. The first kappa shape index (κ1) is 30.3. The minimum Gasteiger partial charge on any atom is -0.310 e. The number of thiophene rings is 1. The van der Waals surface area contributed by atoms with Gasteiger partial charge < -0.3 is 4.90 Å². The second-order valence-electron chi connectivity index (χ2n) is 14.4. The van der Waals surface area contributed by atoms with Gasteiger partial charge in [0.15, 0.2) is 0 Å². The van der Waals surface area contributed by atoms with Gasteiger partial charge in [-0.25, -0.2) is 0 Å². The van der Waals surface area contributed by atoms with Crippen LogP contribution in [0.4, 0.5) is 17.1 Å². The van der Waals surface area contributed by atoms with E-state index in [1.165, 1.54) is 84.9 Å². The van der Waals surface area contributed by atoms with Gasteiger partial charge in [-0.05, 0) is 97.4 Å². The molecule has 2 heterocycles. The summed E-state index contributed by atoms with van der Waals surface area (Å²) in [7, 11) is 0. The zero-order valence-electron chi connectivity index (χ0n) is 29.2. The lowest BCUT2D eigenvalue weighted by Crippen LogP contribution is -2.36. The van der Waals surface area contributed by atoms with Gasteiger partial charge in [0.25, 0.3) is 0 Å². The molecule has 1 atom stereocenters. The van der Waals surface area contributed by atoms with E-state index in [1.54, 1.807) is 0 Å². The largest absolute Gasteiger partial charge is 0.310 e. The number of anilines is 3. The van der Waals surface area contributed by atoms with Crippen LogP contribution in [0.15, 0.2) is 198 Å². The molecular weight excluding hydrogens is 691 g/mol. The molecule has 0 radical (unpaired) electrons. The fourth-order valence-electron chi connectivity index (χ4n) is 9.48. The molecule has 2 aliphatic rings. The molecule has 1 unspecified atom stereocenters. The fourth-order valence-corrected chi connectivity index (χ4v) is 12.0. The van der Waals surface area contributed by atoms with E-state index in [2.05, 4.69) is 193 Å². The molecule has 0 bridgehead atoms. The molecule has 0 amide bonds. The molecule has 1 aliphatic carbocycles. The number of benzene rings is 9. The molecule has 0 fully saturated rings. The molecule has 0 saturated heterocycles. The number of hydrogen-bond acceptors (Lipinski definition) is 3. The van der Waals surface area contributed by atoms with Crippen molar-refractivity contribution in [3.63, 3.8) is 0 Å². The fraction of sp³-hybridized carbons (Fsp3) is 0.0196. The number of nitrogens with zero attached hydrogens (tertiary/aromatic N) is 1. The molecule has 1 aliphatic heterocycles. The predicted octanol–water partition coefficient (Wildman–Crippen LogP) is 14.7. The van der Waals surface area contributed by atoms with Gasteiger partial charge in [-0.2, -0.15) is 0 Å². The SMILES string of the molecule is c1ccc(N(c2ccc3c(c2)Sc2ccccc2C32c3ccccc3-c3cccc4cccc2c34)c2ccc3c(c2)sc2c4ccccc4ccc32)cc1. The highest BCUT2D eigenvalue weighted by atomic mass is 32.2. The molecular formula is C51H31NS2. The van der Waals surface area contributed by atoms with Crippen molar-refractivity contribution < 1.29 is 0 Å². The van der Waals surface area contributed by atoms with Crippen LogP contribution < -0.4 is 4.90 Å². The van der Waals surface area contributed by atoms with Gasteiger partial charge in [0.05, 0.1) is 5.41 Å². The van der Waals surface area contributed by atoms with Crippen LogP contribution in [0.1, 0.15) is 22.3 Å². The highest BCUT2D eigenvalue weighted by molar-refractivity contribution is 7.99. The maximum absolute atomic E-state index is 2.44. The van der Waals surface area contributed by atoms with Crippen LogP contribution in [-0.4, -0.2) is 0 Å². The van der Waals surface area contributed by atoms with E-state index in [1.807, 2.05) is 23.1 Å². The van der Waals surface area contributed by atoms with E-state index in [4.69, 9.17) is 0 Å². The molecule has 252 valence electrons. The first-order chi connectivity index (χ1) is 26.8. The van der Waals surface area contributed by atoms with Crippen molar-refractivity contribution in [2.45, 2.75) is 15.2 Å². The second-order valence-corrected chi connectivity index (χ2v) is 16.5. The van der Waals surface area contributed by atoms with Gasteiger partial charge >= 0.3 is 0 Å². The minimum atomic E-state index is -0.462. The van der Waals surface area contributed by atoms with Crippen LogP contribution in [0.5, 0.6) is 0 Å². The second kappa shape index (κ2) is 11.4. The number of fused-ring (bicyclic) bond motifs is 13. The Morgan fingerprint density at radius 1 is 0.389 bits per heavy atom. The lowest BCUT2D eigenvalue weighted by Gasteiger charge is -2.46. The predicted molar refractivity (Wildman–Crippen MR) is 230 cm³/mol. The van der Waals surface area contributed by atoms with E-state index in [0.717, 1.165) is 17.1 Å². The minimum absolute atomic E-state index is 0.462. The van der Waals surface area contributed by atoms with Gasteiger partial charge in [-0.15, -0.1) is 11.3 Å². The summed E-state index contributed by atoms with van der Waals surface area (Å²) in [5, 5.41) is 7.88. The summed E-state index contributed by atoms with van der Waals surface area (Å²) in [5.74, 6) is 0. The summed E-state index contributed by atoms with van der Waals surface area (Å²) < 4.78 is 2.65. The lowest BCUT2D eigenvalue weighted by molar-refractivity contribution is 0.707.